The Bertz CT molecular complexity index is 1250. The third kappa shape index (κ3) is 62.4. The fourth-order valence-electron chi connectivity index (χ4n) is 10.1. The molecule has 6 nitrogen and oxygen atoms in total. The lowest BCUT2D eigenvalue weighted by atomic mass is 10.0. The molecule has 0 saturated heterocycles. The van der Waals surface area contributed by atoms with Gasteiger partial charge in [-0.25, -0.2) is 0 Å². The highest BCUT2D eigenvalue weighted by Gasteiger charge is 2.19. The van der Waals surface area contributed by atoms with Gasteiger partial charge in [0, 0.05) is 19.3 Å². The summed E-state index contributed by atoms with van der Waals surface area (Å²) in [6.07, 6.45) is 78.7. The van der Waals surface area contributed by atoms with Crippen molar-refractivity contribution in [1.82, 2.24) is 0 Å². The van der Waals surface area contributed by atoms with Crippen LogP contribution in [0.1, 0.15) is 367 Å². The van der Waals surface area contributed by atoms with E-state index in [4.69, 9.17) is 14.2 Å². The molecule has 6 heteroatoms. The van der Waals surface area contributed by atoms with Crippen molar-refractivity contribution in [2.45, 2.75) is 374 Å². The van der Waals surface area contributed by atoms with Crippen molar-refractivity contribution in [2.75, 3.05) is 13.2 Å². The summed E-state index contributed by atoms with van der Waals surface area (Å²) in [4.78, 5) is 38.4. The Labute approximate surface area is 467 Å². The van der Waals surface area contributed by atoms with Crippen molar-refractivity contribution in [3.63, 3.8) is 0 Å². The normalized spacial score (nSPS) is 12.2. The maximum absolute atomic E-state index is 12.9. The van der Waals surface area contributed by atoms with Crippen LogP contribution >= 0.6 is 0 Å². The van der Waals surface area contributed by atoms with Gasteiger partial charge in [0.05, 0.1) is 0 Å². The Morgan fingerprint density at radius 3 is 0.760 bits per heavy atom. The van der Waals surface area contributed by atoms with Crippen molar-refractivity contribution in [2.24, 2.45) is 0 Å². The molecule has 0 aliphatic rings. The molecule has 0 aliphatic heterocycles. The Hall–Kier alpha value is -2.37. The van der Waals surface area contributed by atoms with Gasteiger partial charge in [0.2, 0.25) is 0 Å². The second-order valence-corrected chi connectivity index (χ2v) is 22.7. The number of ether oxygens (including phenoxy) is 3. The van der Waals surface area contributed by atoms with Crippen LogP contribution in [0.15, 0.2) is 36.5 Å². The first-order chi connectivity index (χ1) is 37.0. The zero-order valence-electron chi connectivity index (χ0n) is 50.6. The van der Waals surface area contributed by atoms with Gasteiger partial charge in [-0.15, -0.1) is 0 Å². The van der Waals surface area contributed by atoms with Crippen LogP contribution in [-0.4, -0.2) is 37.2 Å². The van der Waals surface area contributed by atoms with Gasteiger partial charge in [-0.2, -0.15) is 0 Å². The minimum absolute atomic E-state index is 0.0723. The van der Waals surface area contributed by atoms with E-state index in [1.165, 1.54) is 257 Å². The molecule has 0 aliphatic carbocycles. The van der Waals surface area contributed by atoms with Crippen molar-refractivity contribution in [3.8, 4) is 0 Å². The number of rotatable bonds is 62. The molecule has 1 atom stereocenters. The van der Waals surface area contributed by atoms with Crippen molar-refractivity contribution >= 4 is 17.9 Å². The van der Waals surface area contributed by atoms with E-state index in [2.05, 4.69) is 57.2 Å². The van der Waals surface area contributed by atoms with Crippen LogP contribution in [-0.2, 0) is 28.6 Å². The monoisotopic (exact) mass is 1050 g/mol. The summed E-state index contributed by atoms with van der Waals surface area (Å²) in [6, 6.07) is 0. The third-order valence-corrected chi connectivity index (χ3v) is 15.1. The van der Waals surface area contributed by atoms with Crippen LogP contribution in [0.4, 0.5) is 0 Å². The van der Waals surface area contributed by atoms with Gasteiger partial charge < -0.3 is 14.2 Å². The Balaban J connectivity index is 4.32. The van der Waals surface area contributed by atoms with Crippen LogP contribution in [0.5, 0.6) is 0 Å². The second kappa shape index (κ2) is 64.2. The molecule has 0 rings (SSSR count). The smallest absolute Gasteiger partial charge is 0.306 e. The highest BCUT2D eigenvalue weighted by atomic mass is 16.6. The van der Waals surface area contributed by atoms with Gasteiger partial charge in [-0.05, 0) is 77.0 Å². The van der Waals surface area contributed by atoms with Gasteiger partial charge >= 0.3 is 17.9 Å². The lowest BCUT2D eigenvalue weighted by Gasteiger charge is -2.18. The summed E-state index contributed by atoms with van der Waals surface area (Å²) in [7, 11) is 0. The molecular formula is C69H128O6. The number of carbonyl (C=O) groups is 3. The number of unbranched alkanes of at least 4 members (excludes halogenated alkanes) is 45. The first-order valence-corrected chi connectivity index (χ1v) is 33.5. The van der Waals surface area contributed by atoms with E-state index >= 15 is 0 Å². The zero-order valence-corrected chi connectivity index (χ0v) is 50.6. The molecule has 0 aromatic heterocycles. The summed E-state index contributed by atoms with van der Waals surface area (Å²) in [5.74, 6) is -0.859. The first kappa shape index (κ1) is 72.6. The standard InChI is InChI=1S/C69H128O6/c1-4-7-10-13-16-19-22-25-28-31-33-34-35-36-39-41-44-47-50-53-56-59-62-68(71)74-65-66(64-73-67(70)61-58-55-52-49-46-43-40-37-30-27-24-21-18-15-12-9-6-3)75-69(72)63-60-57-54-51-48-45-42-38-32-29-26-23-20-17-14-11-8-5-2/h20,23,27,29-30,32,66H,4-19,21-22,24-26,28,31,33-65H2,1-3H3/b23-20-,30-27-,32-29-. The lowest BCUT2D eigenvalue weighted by Crippen LogP contribution is -2.30. The molecule has 0 spiro atoms. The number of carbonyl (C=O) groups excluding carboxylic acids is 3. The maximum atomic E-state index is 12.9. The predicted molar refractivity (Wildman–Crippen MR) is 326 cm³/mol. The quantitative estimate of drug-likeness (QED) is 0.0261. The van der Waals surface area contributed by atoms with E-state index in [0.29, 0.717) is 19.3 Å². The zero-order chi connectivity index (χ0) is 54.3. The largest absolute Gasteiger partial charge is 0.462 e. The minimum Gasteiger partial charge on any atom is -0.462 e. The molecule has 1 unspecified atom stereocenters. The topological polar surface area (TPSA) is 78.9 Å². The molecule has 0 fully saturated rings. The van der Waals surface area contributed by atoms with E-state index in [1.54, 1.807) is 0 Å². The molecule has 75 heavy (non-hydrogen) atoms. The SMILES string of the molecule is CCCCCC/C=C\C/C=C\CCCCCCCCCC(=O)OC(COC(=O)CCCCCCCCC/C=C\CCCCCCCC)COC(=O)CCCCCCCCCCCCCCCCCCCCCCCC. The van der Waals surface area contributed by atoms with Gasteiger partial charge in [0.15, 0.2) is 6.10 Å². The number of hydrogen-bond acceptors (Lipinski definition) is 6. The van der Waals surface area contributed by atoms with E-state index in [9.17, 15) is 14.4 Å². The third-order valence-electron chi connectivity index (χ3n) is 15.1. The van der Waals surface area contributed by atoms with E-state index in [1.807, 2.05) is 0 Å². The van der Waals surface area contributed by atoms with E-state index in [-0.39, 0.29) is 31.1 Å². The molecule has 0 radical (unpaired) electrons. The molecule has 0 amide bonds. The number of allylic oxidation sites excluding steroid dienone is 6. The minimum atomic E-state index is -0.777. The summed E-state index contributed by atoms with van der Waals surface area (Å²) >= 11 is 0. The second-order valence-electron chi connectivity index (χ2n) is 22.7. The van der Waals surface area contributed by atoms with Gasteiger partial charge in [0.25, 0.3) is 0 Å². The average Bonchev–Trinajstić information content (AvgIpc) is 3.41. The molecule has 0 aromatic rings. The van der Waals surface area contributed by atoms with Crippen molar-refractivity contribution in [1.29, 1.82) is 0 Å². The van der Waals surface area contributed by atoms with Crippen LogP contribution in [0, 0.1) is 0 Å². The fourth-order valence-corrected chi connectivity index (χ4v) is 10.1. The Morgan fingerprint density at radius 2 is 0.480 bits per heavy atom. The predicted octanol–water partition coefficient (Wildman–Crippen LogP) is 22.8. The van der Waals surface area contributed by atoms with Gasteiger partial charge in [-0.3, -0.25) is 14.4 Å². The summed E-state index contributed by atoms with van der Waals surface area (Å²) in [5.41, 5.74) is 0. The van der Waals surface area contributed by atoms with E-state index < -0.39 is 6.10 Å². The molecule has 0 heterocycles. The number of hydrogen-bond donors (Lipinski definition) is 0. The summed E-state index contributed by atoms with van der Waals surface area (Å²) in [6.45, 7) is 6.68. The molecule has 0 saturated carbocycles. The first-order valence-electron chi connectivity index (χ1n) is 33.5. The lowest BCUT2D eigenvalue weighted by molar-refractivity contribution is -0.167. The summed E-state index contributed by atoms with van der Waals surface area (Å²) in [5, 5.41) is 0. The highest BCUT2D eigenvalue weighted by Crippen LogP contribution is 2.18. The van der Waals surface area contributed by atoms with Crippen LogP contribution in [0.3, 0.4) is 0 Å². The van der Waals surface area contributed by atoms with Crippen molar-refractivity contribution < 1.29 is 28.6 Å². The fraction of sp³-hybridized carbons (Fsp3) is 0.870. The Kier molecular flexibility index (Phi) is 62.1. The van der Waals surface area contributed by atoms with Crippen molar-refractivity contribution in [3.05, 3.63) is 36.5 Å². The maximum Gasteiger partial charge on any atom is 0.306 e. The molecule has 440 valence electrons. The molecule has 0 aromatic carbocycles. The summed E-state index contributed by atoms with van der Waals surface area (Å²) < 4.78 is 17.0. The van der Waals surface area contributed by atoms with Crippen LogP contribution < -0.4 is 0 Å². The average molecular weight is 1050 g/mol. The van der Waals surface area contributed by atoms with Crippen LogP contribution in [0.25, 0.3) is 0 Å². The molecule has 0 N–H and O–H groups in total. The van der Waals surface area contributed by atoms with Gasteiger partial charge in [0.1, 0.15) is 13.2 Å². The molecular weight excluding hydrogens is 925 g/mol. The van der Waals surface area contributed by atoms with Gasteiger partial charge in [-0.1, -0.05) is 308 Å². The highest BCUT2D eigenvalue weighted by molar-refractivity contribution is 5.71. The van der Waals surface area contributed by atoms with E-state index in [0.717, 1.165) is 70.6 Å². The number of esters is 3. The Morgan fingerprint density at radius 1 is 0.267 bits per heavy atom. The molecule has 0 bridgehead atoms. The van der Waals surface area contributed by atoms with Crippen LogP contribution in [0.2, 0.25) is 0 Å².